The third-order valence-electron chi connectivity index (χ3n) is 2.91. The Morgan fingerprint density at radius 2 is 2.21 bits per heavy atom. The summed E-state index contributed by atoms with van der Waals surface area (Å²) < 4.78 is 2.13. The average Bonchev–Trinajstić information content (AvgIpc) is 3.17. The van der Waals surface area contributed by atoms with Crippen molar-refractivity contribution in [3.63, 3.8) is 0 Å². The predicted molar refractivity (Wildman–Crippen MR) is 78.8 cm³/mol. The van der Waals surface area contributed by atoms with Gasteiger partial charge in [-0.15, -0.1) is 0 Å². The standard InChI is InChI=1S/C12H10Cl2N4S/c13-9-3-1-2-8(10(9)14)6-15-18-11(7-4-5-7)16-17-12(18)19/h1-3,6-7H,4-5H2,(H,17,19)/b15-6-. The zero-order valence-corrected chi connectivity index (χ0v) is 12.1. The number of hydrogen-bond acceptors (Lipinski definition) is 3. The summed E-state index contributed by atoms with van der Waals surface area (Å²) in [4.78, 5) is 0. The van der Waals surface area contributed by atoms with Crippen LogP contribution in [0.4, 0.5) is 0 Å². The summed E-state index contributed by atoms with van der Waals surface area (Å²) in [6, 6.07) is 5.41. The average molecular weight is 313 g/mol. The van der Waals surface area contributed by atoms with Gasteiger partial charge in [0.05, 0.1) is 16.3 Å². The van der Waals surface area contributed by atoms with Crippen molar-refractivity contribution >= 4 is 41.6 Å². The highest BCUT2D eigenvalue weighted by atomic mass is 35.5. The molecule has 0 saturated heterocycles. The van der Waals surface area contributed by atoms with E-state index in [9.17, 15) is 0 Å². The van der Waals surface area contributed by atoms with Gasteiger partial charge in [-0.2, -0.15) is 14.9 Å². The molecule has 7 heteroatoms. The van der Waals surface area contributed by atoms with Crippen LogP contribution in [0, 0.1) is 4.77 Å². The minimum Gasteiger partial charge on any atom is -0.250 e. The molecule has 1 heterocycles. The fourth-order valence-corrected chi connectivity index (χ4v) is 2.30. The number of H-pyrrole nitrogens is 1. The van der Waals surface area contributed by atoms with E-state index in [1.54, 1.807) is 17.0 Å². The number of nitrogens with zero attached hydrogens (tertiary/aromatic N) is 3. The number of halogens is 2. The van der Waals surface area contributed by atoms with Crippen molar-refractivity contribution in [3.8, 4) is 0 Å². The van der Waals surface area contributed by atoms with Crippen LogP contribution < -0.4 is 0 Å². The van der Waals surface area contributed by atoms with Gasteiger partial charge in [-0.25, -0.2) is 0 Å². The maximum absolute atomic E-state index is 6.11. The van der Waals surface area contributed by atoms with Crippen LogP contribution in [0.2, 0.25) is 10.0 Å². The molecule has 4 nitrogen and oxygen atoms in total. The van der Waals surface area contributed by atoms with Crippen LogP contribution in [0.25, 0.3) is 0 Å². The highest BCUT2D eigenvalue weighted by Gasteiger charge is 2.29. The van der Waals surface area contributed by atoms with Gasteiger partial charge < -0.3 is 0 Å². The Labute approximate surface area is 125 Å². The lowest BCUT2D eigenvalue weighted by Crippen LogP contribution is -1.97. The lowest BCUT2D eigenvalue weighted by atomic mass is 10.2. The predicted octanol–water partition coefficient (Wildman–Crippen LogP) is 4.01. The lowest BCUT2D eigenvalue weighted by molar-refractivity contribution is 0.773. The number of nitrogens with one attached hydrogen (secondary N) is 1. The molecule has 0 atom stereocenters. The van der Waals surface area contributed by atoms with Crippen LogP contribution in [0.5, 0.6) is 0 Å². The van der Waals surface area contributed by atoms with E-state index in [-0.39, 0.29) is 0 Å². The molecule has 0 amide bonds. The summed E-state index contributed by atoms with van der Waals surface area (Å²) in [5.41, 5.74) is 0.749. The smallest absolute Gasteiger partial charge is 0.216 e. The molecule has 1 aromatic carbocycles. The Morgan fingerprint density at radius 1 is 1.42 bits per heavy atom. The summed E-state index contributed by atoms with van der Waals surface area (Å²) in [7, 11) is 0. The first kappa shape index (κ1) is 12.8. The molecule has 0 aliphatic heterocycles. The zero-order valence-electron chi connectivity index (χ0n) is 9.81. The molecule has 1 aliphatic rings. The number of hydrogen-bond donors (Lipinski definition) is 1. The van der Waals surface area contributed by atoms with Crippen molar-refractivity contribution in [2.45, 2.75) is 18.8 Å². The Balaban J connectivity index is 1.96. The van der Waals surface area contributed by atoms with Gasteiger partial charge >= 0.3 is 0 Å². The molecule has 3 rings (SSSR count). The van der Waals surface area contributed by atoms with Crippen LogP contribution in [0.3, 0.4) is 0 Å². The molecular weight excluding hydrogens is 303 g/mol. The summed E-state index contributed by atoms with van der Waals surface area (Å²) in [5.74, 6) is 1.33. The van der Waals surface area contributed by atoms with Crippen LogP contribution in [0.15, 0.2) is 23.3 Å². The van der Waals surface area contributed by atoms with E-state index in [1.807, 2.05) is 12.1 Å². The Kier molecular flexibility index (Phi) is 3.43. The maximum Gasteiger partial charge on any atom is 0.216 e. The maximum atomic E-state index is 6.11. The molecule has 1 aliphatic carbocycles. The van der Waals surface area contributed by atoms with Gasteiger partial charge in [0.1, 0.15) is 0 Å². The summed E-state index contributed by atoms with van der Waals surface area (Å²) in [5, 5.41) is 12.3. The Hall–Kier alpha value is -1.17. The van der Waals surface area contributed by atoms with Crippen molar-refractivity contribution < 1.29 is 0 Å². The second-order valence-corrected chi connectivity index (χ2v) is 5.53. The van der Waals surface area contributed by atoms with E-state index in [0.29, 0.717) is 20.7 Å². The minimum atomic E-state index is 0.458. The third-order valence-corrected chi connectivity index (χ3v) is 4.01. The minimum absolute atomic E-state index is 0.458. The molecule has 1 aromatic heterocycles. The van der Waals surface area contributed by atoms with Crippen LogP contribution in [0.1, 0.15) is 30.1 Å². The van der Waals surface area contributed by atoms with Crippen molar-refractivity contribution in [1.82, 2.24) is 14.9 Å². The highest BCUT2D eigenvalue weighted by molar-refractivity contribution is 7.71. The Bertz CT molecular complexity index is 700. The molecule has 1 N–H and O–H groups in total. The van der Waals surface area contributed by atoms with E-state index in [4.69, 9.17) is 35.4 Å². The second-order valence-electron chi connectivity index (χ2n) is 4.36. The second kappa shape index (κ2) is 5.07. The number of rotatable bonds is 3. The summed E-state index contributed by atoms with van der Waals surface area (Å²) in [6.45, 7) is 0. The molecule has 2 aromatic rings. The van der Waals surface area contributed by atoms with Gasteiger partial charge in [0.2, 0.25) is 4.77 Å². The molecule has 0 spiro atoms. The molecule has 1 fully saturated rings. The number of aromatic nitrogens is 3. The largest absolute Gasteiger partial charge is 0.250 e. The molecule has 1 saturated carbocycles. The topological polar surface area (TPSA) is 46.0 Å². The molecule has 0 unspecified atom stereocenters. The number of benzene rings is 1. The van der Waals surface area contributed by atoms with Crippen LogP contribution in [-0.2, 0) is 0 Å². The van der Waals surface area contributed by atoms with E-state index in [2.05, 4.69) is 15.3 Å². The van der Waals surface area contributed by atoms with Gasteiger partial charge in [-0.3, -0.25) is 5.10 Å². The monoisotopic (exact) mass is 312 g/mol. The first-order chi connectivity index (χ1) is 9.16. The lowest BCUT2D eigenvalue weighted by Gasteiger charge is -2.01. The molecule has 98 valence electrons. The van der Waals surface area contributed by atoms with E-state index >= 15 is 0 Å². The molecule has 0 bridgehead atoms. The van der Waals surface area contributed by atoms with Gasteiger partial charge in [0.25, 0.3) is 0 Å². The fourth-order valence-electron chi connectivity index (χ4n) is 1.76. The van der Waals surface area contributed by atoms with Crippen molar-refractivity contribution in [3.05, 3.63) is 44.4 Å². The third kappa shape index (κ3) is 2.59. The van der Waals surface area contributed by atoms with Crippen molar-refractivity contribution in [1.29, 1.82) is 0 Å². The van der Waals surface area contributed by atoms with Gasteiger partial charge in [0.15, 0.2) is 5.82 Å². The number of aromatic amines is 1. The quantitative estimate of drug-likeness (QED) is 0.687. The van der Waals surface area contributed by atoms with Crippen molar-refractivity contribution in [2.24, 2.45) is 5.10 Å². The van der Waals surface area contributed by atoms with Gasteiger partial charge in [0, 0.05) is 11.5 Å². The Morgan fingerprint density at radius 3 is 2.95 bits per heavy atom. The van der Waals surface area contributed by atoms with Crippen LogP contribution in [-0.4, -0.2) is 21.1 Å². The highest BCUT2D eigenvalue weighted by Crippen LogP contribution is 2.38. The van der Waals surface area contributed by atoms with E-state index in [1.165, 1.54) is 0 Å². The first-order valence-corrected chi connectivity index (χ1v) is 6.99. The fraction of sp³-hybridized carbons (Fsp3) is 0.250. The molecular formula is C12H10Cl2N4S. The molecule has 19 heavy (non-hydrogen) atoms. The summed E-state index contributed by atoms with van der Waals surface area (Å²) in [6.07, 6.45) is 3.91. The van der Waals surface area contributed by atoms with Gasteiger partial charge in [-0.1, -0.05) is 35.3 Å². The molecule has 0 radical (unpaired) electrons. The van der Waals surface area contributed by atoms with Gasteiger partial charge in [-0.05, 0) is 31.1 Å². The zero-order chi connectivity index (χ0) is 13.4. The van der Waals surface area contributed by atoms with Crippen LogP contribution >= 0.6 is 35.4 Å². The summed E-state index contributed by atoms with van der Waals surface area (Å²) >= 11 is 17.2. The SMILES string of the molecule is S=c1[nH]nc(C2CC2)n1/N=C\c1cccc(Cl)c1Cl. The normalized spacial score (nSPS) is 15.3. The van der Waals surface area contributed by atoms with E-state index in [0.717, 1.165) is 24.2 Å². The van der Waals surface area contributed by atoms with E-state index < -0.39 is 0 Å². The first-order valence-electron chi connectivity index (χ1n) is 5.82. The van der Waals surface area contributed by atoms with Crippen molar-refractivity contribution in [2.75, 3.05) is 0 Å².